The summed E-state index contributed by atoms with van der Waals surface area (Å²) in [4.78, 5) is 28.1. The van der Waals surface area contributed by atoms with E-state index in [9.17, 15) is 9.59 Å². The third-order valence-electron chi connectivity index (χ3n) is 4.37. The second-order valence-corrected chi connectivity index (χ2v) is 6.99. The fourth-order valence-electron chi connectivity index (χ4n) is 3.01. The molecule has 3 rings (SSSR count). The summed E-state index contributed by atoms with van der Waals surface area (Å²) in [5.41, 5.74) is 2.93. The Bertz CT molecular complexity index is 937. The number of carbonyl (C=O) groups is 2. The van der Waals surface area contributed by atoms with Crippen LogP contribution >= 0.6 is 11.3 Å². The number of nitrogens with zero attached hydrogens (tertiary/aromatic N) is 1. The van der Waals surface area contributed by atoms with Crippen LogP contribution in [0.5, 0.6) is 5.75 Å². The van der Waals surface area contributed by atoms with Crippen molar-refractivity contribution in [1.82, 2.24) is 0 Å². The molecular formula is C21H21NO4S. The van der Waals surface area contributed by atoms with Gasteiger partial charge in [0.1, 0.15) is 5.75 Å². The Balaban J connectivity index is 2.07. The molecule has 1 aromatic carbocycles. The zero-order valence-electron chi connectivity index (χ0n) is 15.7. The number of hydrogen-bond acceptors (Lipinski definition) is 5. The van der Waals surface area contributed by atoms with Crippen LogP contribution in [0.2, 0.25) is 0 Å². The number of carbonyl (C=O) groups excluding carboxylic acids is 2. The first-order valence-electron chi connectivity index (χ1n) is 8.60. The number of allylic oxidation sites excluding steroid dienone is 1. The van der Waals surface area contributed by atoms with Gasteiger partial charge in [0.2, 0.25) is 0 Å². The molecule has 5 nitrogen and oxygen atoms in total. The van der Waals surface area contributed by atoms with Gasteiger partial charge < -0.3 is 9.47 Å². The number of thiophene rings is 1. The summed E-state index contributed by atoms with van der Waals surface area (Å²) in [6.45, 7) is 6.21. The first-order chi connectivity index (χ1) is 13.0. The molecule has 1 aromatic heterocycles. The molecule has 0 bridgehead atoms. The van der Waals surface area contributed by atoms with Crippen molar-refractivity contribution >= 4 is 35.0 Å². The van der Waals surface area contributed by atoms with Crippen LogP contribution < -0.4 is 9.64 Å². The summed E-state index contributed by atoms with van der Waals surface area (Å²) in [7, 11) is 1.32. The van der Waals surface area contributed by atoms with Gasteiger partial charge in [-0.05, 0) is 68.1 Å². The molecule has 140 valence electrons. The van der Waals surface area contributed by atoms with E-state index >= 15 is 0 Å². The Morgan fingerprint density at radius 3 is 2.44 bits per heavy atom. The molecule has 1 aliphatic rings. The van der Waals surface area contributed by atoms with Crippen LogP contribution in [0.15, 0.2) is 52.6 Å². The summed E-state index contributed by atoms with van der Waals surface area (Å²) in [6.07, 6.45) is 1.77. The van der Waals surface area contributed by atoms with Crippen LogP contribution in [0.3, 0.4) is 0 Å². The highest BCUT2D eigenvalue weighted by Crippen LogP contribution is 2.36. The Hall–Kier alpha value is -2.86. The minimum Gasteiger partial charge on any atom is -0.494 e. The van der Waals surface area contributed by atoms with Gasteiger partial charge in [0.05, 0.1) is 24.9 Å². The number of ether oxygens (including phenoxy) is 2. The maximum atomic E-state index is 13.2. The maximum absolute atomic E-state index is 13.2. The van der Waals surface area contributed by atoms with Gasteiger partial charge in [-0.2, -0.15) is 0 Å². The van der Waals surface area contributed by atoms with E-state index in [0.717, 1.165) is 16.2 Å². The third-order valence-corrected chi connectivity index (χ3v) is 5.34. The second kappa shape index (κ2) is 7.80. The van der Waals surface area contributed by atoms with E-state index in [2.05, 4.69) is 0 Å². The highest BCUT2D eigenvalue weighted by atomic mass is 32.1. The average molecular weight is 383 g/mol. The number of aryl methyl sites for hydroxylation is 1. The predicted octanol–water partition coefficient (Wildman–Crippen LogP) is 4.33. The van der Waals surface area contributed by atoms with E-state index in [0.29, 0.717) is 29.1 Å². The lowest BCUT2D eigenvalue weighted by Gasteiger charge is -2.18. The van der Waals surface area contributed by atoms with Crippen molar-refractivity contribution in [3.8, 4) is 5.75 Å². The van der Waals surface area contributed by atoms with Crippen LogP contribution in [0.4, 0.5) is 5.69 Å². The van der Waals surface area contributed by atoms with Crippen LogP contribution in [-0.2, 0) is 14.3 Å². The van der Waals surface area contributed by atoms with E-state index in [1.807, 2.05) is 37.4 Å². The second-order valence-electron chi connectivity index (χ2n) is 6.05. The van der Waals surface area contributed by atoms with E-state index in [4.69, 9.17) is 9.47 Å². The molecular weight excluding hydrogens is 362 g/mol. The number of amides is 1. The molecule has 0 N–H and O–H groups in total. The summed E-state index contributed by atoms with van der Waals surface area (Å²) < 4.78 is 10.4. The lowest BCUT2D eigenvalue weighted by atomic mass is 10.1. The number of hydrogen-bond donors (Lipinski definition) is 0. The largest absolute Gasteiger partial charge is 0.494 e. The molecule has 1 aliphatic heterocycles. The van der Waals surface area contributed by atoms with E-state index in [-0.39, 0.29) is 5.91 Å². The first kappa shape index (κ1) is 18.9. The average Bonchev–Trinajstić information content (AvgIpc) is 3.17. The maximum Gasteiger partial charge on any atom is 0.340 e. The zero-order valence-corrected chi connectivity index (χ0v) is 16.6. The lowest BCUT2D eigenvalue weighted by molar-refractivity contribution is -0.136. The third kappa shape index (κ3) is 3.53. The zero-order chi connectivity index (χ0) is 19.6. The summed E-state index contributed by atoms with van der Waals surface area (Å²) >= 11 is 1.53. The van der Waals surface area contributed by atoms with Crippen molar-refractivity contribution in [1.29, 1.82) is 0 Å². The quantitative estimate of drug-likeness (QED) is 0.570. The molecule has 0 radical (unpaired) electrons. The molecule has 0 saturated carbocycles. The SMILES string of the molecule is CCOc1ccc(N2C(=O)/C(=C/c3sccc3C)C(C(=O)OC)=C2C)cc1. The summed E-state index contributed by atoms with van der Waals surface area (Å²) in [5.74, 6) is -0.0349. The van der Waals surface area contributed by atoms with E-state index in [1.54, 1.807) is 25.1 Å². The van der Waals surface area contributed by atoms with Crippen molar-refractivity contribution in [3.63, 3.8) is 0 Å². The van der Waals surface area contributed by atoms with Crippen molar-refractivity contribution in [2.45, 2.75) is 20.8 Å². The van der Waals surface area contributed by atoms with Gasteiger partial charge in [-0.15, -0.1) is 11.3 Å². The minimum atomic E-state index is -0.519. The molecule has 27 heavy (non-hydrogen) atoms. The molecule has 6 heteroatoms. The number of methoxy groups -OCH3 is 1. The Kier molecular flexibility index (Phi) is 5.46. The van der Waals surface area contributed by atoms with Crippen LogP contribution in [0.25, 0.3) is 6.08 Å². The van der Waals surface area contributed by atoms with Gasteiger partial charge in [0.15, 0.2) is 0 Å². The molecule has 0 spiro atoms. The van der Waals surface area contributed by atoms with Gasteiger partial charge in [0.25, 0.3) is 5.91 Å². The van der Waals surface area contributed by atoms with Crippen molar-refractivity contribution < 1.29 is 19.1 Å². The lowest BCUT2D eigenvalue weighted by Crippen LogP contribution is -2.24. The van der Waals surface area contributed by atoms with Gasteiger partial charge in [0, 0.05) is 16.3 Å². The van der Waals surface area contributed by atoms with Gasteiger partial charge in [-0.1, -0.05) is 0 Å². The molecule has 0 unspecified atom stereocenters. The fourth-order valence-corrected chi connectivity index (χ4v) is 3.87. The molecule has 0 fully saturated rings. The number of benzene rings is 1. The number of rotatable bonds is 5. The van der Waals surface area contributed by atoms with Gasteiger partial charge in [-0.25, -0.2) is 4.79 Å². The Morgan fingerprint density at radius 1 is 1.19 bits per heavy atom. The van der Waals surface area contributed by atoms with Crippen LogP contribution in [0.1, 0.15) is 24.3 Å². The fraction of sp³-hybridized carbons (Fsp3) is 0.238. The summed E-state index contributed by atoms with van der Waals surface area (Å²) in [5, 5.41) is 1.96. The van der Waals surface area contributed by atoms with E-state index < -0.39 is 5.97 Å². The Labute approximate surface area is 162 Å². The smallest absolute Gasteiger partial charge is 0.340 e. The van der Waals surface area contributed by atoms with E-state index in [1.165, 1.54) is 23.3 Å². The van der Waals surface area contributed by atoms with Crippen molar-refractivity contribution in [2.24, 2.45) is 0 Å². The standard InChI is InChI=1S/C21H21NO4S/c1-5-26-16-8-6-15(7-9-16)22-14(3)19(21(24)25-4)17(20(22)23)12-18-13(2)10-11-27-18/h6-12H,5H2,1-4H3/b17-12+. The summed E-state index contributed by atoms with van der Waals surface area (Å²) in [6, 6.07) is 9.21. The predicted molar refractivity (Wildman–Crippen MR) is 107 cm³/mol. The normalized spacial score (nSPS) is 15.6. The minimum absolute atomic E-state index is 0.246. The molecule has 0 saturated heterocycles. The molecule has 2 heterocycles. The Morgan fingerprint density at radius 2 is 1.89 bits per heavy atom. The van der Waals surface area contributed by atoms with Gasteiger partial charge >= 0.3 is 5.97 Å². The van der Waals surface area contributed by atoms with Crippen LogP contribution in [0, 0.1) is 6.92 Å². The molecule has 2 aromatic rings. The van der Waals surface area contributed by atoms with Crippen LogP contribution in [-0.4, -0.2) is 25.6 Å². The number of anilines is 1. The monoisotopic (exact) mass is 383 g/mol. The van der Waals surface area contributed by atoms with Gasteiger partial charge in [-0.3, -0.25) is 9.69 Å². The van der Waals surface area contributed by atoms with Crippen molar-refractivity contribution in [2.75, 3.05) is 18.6 Å². The first-order valence-corrected chi connectivity index (χ1v) is 9.48. The molecule has 0 atom stereocenters. The topological polar surface area (TPSA) is 55.8 Å². The van der Waals surface area contributed by atoms with Crippen molar-refractivity contribution in [3.05, 3.63) is 63.0 Å². The highest BCUT2D eigenvalue weighted by Gasteiger charge is 2.38. The highest BCUT2D eigenvalue weighted by molar-refractivity contribution is 7.11. The molecule has 0 aliphatic carbocycles. The number of esters is 1. The molecule has 1 amide bonds.